The fourth-order valence-electron chi connectivity index (χ4n) is 2.45. The maximum Gasteiger partial charge on any atom is 0.311 e. The van der Waals surface area contributed by atoms with Gasteiger partial charge in [-0.15, -0.1) is 11.3 Å². The molecule has 0 saturated carbocycles. The number of nitrogens with zero attached hydrogens (tertiary/aromatic N) is 1. The maximum atomic E-state index is 13.8. The van der Waals surface area contributed by atoms with E-state index in [1.54, 1.807) is 26.2 Å². The van der Waals surface area contributed by atoms with Gasteiger partial charge in [-0.2, -0.15) is 0 Å². The quantitative estimate of drug-likeness (QED) is 0.634. The Hall–Kier alpha value is -2.88. The van der Waals surface area contributed by atoms with Crippen molar-refractivity contribution in [2.75, 3.05) is 11.9 Å². The van der Waals surface area contributed by atoms with E-state index in [0.717, 1.165) is 29.5 Å². The minimum Gasteiger partial charge on any atom is -0.466 e. The lowest BCUT2D eigenvalue weighted by Gasteiger charge is -2.21. The van der Waals surface area contributed by atoms with E-state index in [0.29, 0.717) is 5.69 Å². The molecule has 0 radical (unpaired) electrons. The highest BCUT2D eigenvalue weighted by molar-refractivity contribution is 7.13. The van der Waals surface area contributed by atoms with Crippen LogP contribution in [0.5, 0.6) is 0 Å². The molecule has 0 spiro atoms. The van der Waals surface area contributed by atoms with Gasteiger partial charge in [-0.25, -0.2) is 13.8 Å². The summed E-state index contributed by atoms with van der Waals surface area (Å²) >= 11 is 1.10. The summed E-state index contributed by atoms with van der Waals surface area (Å²) in [5, 5.41) is 6.74. The second-order valence-corrected chi connectivity index (χ2v) is 7.26. The van der Waals surface area contributed by atoms with Gasteiger partial charge in [0.05, 0.1) is 18.7 Å². The Balaban J connectivity index is 2.07. The van der Waals surface area contributed by atoms with Gasteiger partial charge >= 0.3 is 5.97 Å². The van der Waals surface area contributed by atoms with Crippen LogP contribution in [0.4, 0.5) is 13.9 Å². The number of ether oxygens (including phenoxy) is 1. The van der Waals surface area contributed by atoms with Gasteiger partial charge in [-0.3, -0.25) is 14.4 Å². The topological polar surface area (TPSA) is 97.4 Å². The van der Waals surface area contributed by atoms with Crippen LogP contribution in [-0.4, -0.2) is 35.4 Å². The molecule has 0 aliphatic carbocycles. The number of thiazole rings is 1. The van der Waals surface area contributed by atoms with Gasteiger partial charge in [0.15, 0.2) is 5.13 Å². The lowest BCUT2D eigenvalue weighted by atomic mass is 10.0. The molecule has 2 N–H and O–H groups in total. The molecule has 1 aromatic carbocycles. The van der Waals surface area contributed by atoms with Gasteiger partial charge in [0, 0.05) is 5.38 Å². The van der Waals surface area contributed by atoms with Crippen LogP contribution in [0.3, 0.4) is 0 Å². The second kappa shape index (κ2) is 10.1. The Morgan fingerprint density at radius 1 is 1.21 bits per heavy atom. The summed E-state index contributed by atoms with van der Waals surface area (Å²) in [6.45, 7) is 5.30. The van der Waals surface area contributed by atoms with E-state index in [1.165, 1.54) is 0 Å². The van der Waals surface area contributed by atoms with Gasteiger partial charge in [-0.1, -0.05) is 19.9 Å². The smallest absolute Gasteiger partial charge is 0.311 e. The number of carbonyl (C=O) groups is 3. The third-order valence-electron chi connectivity index (χ3n) is 3.84. The van der Waals surface area contributed by atoms with E-state index in [4.69, 9.17) is 4.74 Å². The summed E-state index contributed by atoms with van der Waals surface area (Å²) in [6.07, 6.45) is -0.0306. The molecule has 156 valence electrons. The maximum absolute atomic E-state index is 13.8. The molecule has 0 bridgehead atoms. The van der Waals surface area contributed by atoms with Gasteiger partial charge < -0.3 is 15.4 Å². The number of rotatable bonds is 8. The molecule has 10 heteroatoms. The van der Waals surface area contributed by atoms with Crippen molar-refractivity contribution in [3.63, 3.8) is 0 Å². The molecular formula is C19H21F2N3O4S. The minimum atomic E-state index is -1.06. The second-order valence-electron chi connectivity index (χ2n) is 6.41. The van der Waals surface area contributed by atoms with Crippen LogP contribution in [0, 0.1) is 17.6 Å². The summed E-state index contributed by atoms with van der Waals surface area (Å²) in [6, 6.07) is 2.01. The molecule has 1 aromatic heterocycles. The first kappa shape index (κ1) is 22.4. The highest BCUT2D eigenvalue weighted by atomic mass is 32.1. The van der Waals surface area contributed by atoms with Crippen molar-refractivity contribution < 1.29 is 27.9 Å². The Labute approximate surface area is 170 Å². The number of halogens is 2. The summed E-state index contributed by atoms with van der Waals surface area (Å²) < 4.78 is 32.5. The molecule has 2 aromatic rings. The van der Waals surface area contributed by atoms with Crippen molar-refractivity contribution in [3.8, 4) is 0 Å². The predicted octanol–water partition coefficient (Wildman–Crippen LogP) is 2.92. The van der Waals surface area contributed by atoms with Crippen molar-refractivity contribution in [3.05, 3.63) is 46.5 Å². The number of hydrogen-bond acceptors (Lipinski definition) is 6. The predicted molar refractivity (Wildman–Crippen MR) is 104 cm³/mol. The van der Waals surface area contributed by atoms with Crippen molar-refractivity contribution in [2.45, 2.75) is 33.2 Å². The van der Waals surface area contributed by atoms with Crippen LogP contribution in [0.15, 0.2) is 23.6 Å². The standard InChI is InChI=1S/C19H21F2N3O4S/c1-4-28-14(25)8-11-9-29-19(22-11)24-18(27)16(10(2)3)23-17(26)15-12(20)6-5-7-13(15)21/h5-7,9-10,16H,4,8H2,1-3H3,(H,23,26)(H,22,24,27)/t16-/m0/s1. The van der Waals surface area contributed by atoms with E-state index in [1.807, 2.05) is 0 Å². The molecule has 7 nitrogen and oxygen atoms in total. The molecule has 0 saturated heterocycles. The van der Waals surface area contributed by atoms with Gasteiger partial charge in [0.2, 0.25) is 5.91 Å². The van der Waals surface area contributed by atoms with Crippen LogP contribution in [-0.2, 0) is 20.7 Å². The monoisotopic (exact) mass is 425 g/mol. The third kappa shape index (κ3) is 6.05. The first-order valence-corrected chi connectivity index (χ1v) is 9.76. The van der Waals surface area contributed by atoms with Crippen LogP contribution in [0.2, 0.25) is 0 Å². The largest absolute Gasteiger partial charge is 0.466 e. The Bertz CT molecular complexity index is 881. The van der Waals surface area contributed by atoms with E-state index < -0.39 is 41.0 Å². The number of benzene rings is 1. The summed E-state index contributed by atoms with van der Waals surface area (Å²) in [4.78, 5) is 40.5. The lowest BCUT2D eigenvalue weighted by Crippen LogP contribution is -2.47. The first-order chi connectivity index (χ1) is 13.7. The van der Waals surface area contributed by atoms with Crippen LogP contribution >= 0.6 is 11.3 Å². The fourth-order valence-corrected chi connectivity index (χ4v) is 3.16. The molecule has 0 unspecified atom stereocenters. The zero-order valence-corrected chi connectivity index (χ0v) is 16.9. The average Bonchev–Trinajstić information content (AvgIpc) is 3.05. The highest BCUT2D eigenvalue weighted by Crippen LogP contribution is 2.18. The number of hydrogen-bond donors (Lipinski definition) is 2. The van der Waals surface area contributed by atoms with Gasteiger partial charge in [0.25, 0.3) is 5.91 Å². The molecule has 2 amide bonds. The zero-order chi connectivity index (χ0) is 21.6. The van der Waals surface area contributed by atoms with Crippen LogP contribution in [0.25, 0.3) is 0 Å². The molecule has 0 aliphatic rings. The van der Waals surface area contributed by atoms with E-state index in [2.05, 4.69) is 15.6 Å². The van der Waals surface area contributed by atoms with Crippen molar-refractivity contribution in [1.29, 1.82) is 0 Å². The number of anilines is 1. The number of nitrogens with one attached hydrogen (secondary N) is 2. The number of aromatic nitrogens is 1. The Kier molecular flexibility index (Phi) is 7.77. The molecule has 1 atom stereocenters. The fraction of sp³-hybridized carbons (Fsp3) is 0.368. The van der Waals surface area contributed by atoms with E-state index >= 15 is 0 Å². The average molecular weight is 425 g/mol. The van der Waals surface area contributed by atoms with Crippen LogP contribution < -0.4 is 10.6 Å². The number of carbonyl (C=O) groups excluding carboxylic acids is 3. The molecule has 2 rings (SSSR count). The number of esters is 1. The normalized spacial score (nSPS) is 11.8. The SMILES string of the molecule is CCOC(=O)Cc1csc(NC(=O)[C@@H](NC(=O)c2c(F)cccc2F)C(C)C)n1. The van der Waals surface area contributed by atoms with E-state index in [9.17, 15) is 23.2 Å². The lowest BCUT2D eigenvalue weighted by molar-refractivity contribution is -0.142. The Morgan fingerprint density at radius 3 is 2.45 bits per heavy atom. The van der Waals surface area contributed by atoms with Gasteiger partial charge in [0.1, 0.15) is 23.2 Å². The van der Waals surface area contributed by atoms with Crippen molar-refractivity contribution >= 4 is 34.3 Å². The number of amides is 2. The van der Waals surface area contributed by atoms with E-state index in [-0.39, 0.29) is 24.1 Å². The first-order valence-electron chi connectivity index (χ1n) is 8.88. The summed E-state index contributed by atoms with van der Waals surface area (Å²) in [5.74, 6) is -4.47. The highest BCUT2D eigenvalue weighted by Gasteiger charge is 2.28. The summed E-state index contributed by atoms with van der Waals surface area (Å²) in [5.41, 5.74) is -0.320. The molecule has 0 aliphatic heterocycles. The van der Waals surface area contributed by atoms with Crippen molar-refractivity contribution in [1.82, 2.24) is 10.3 Å². The molecule has 1 heterocycles. The van der Waals surface area contributed by atoms with Gasteiger partial charge in [-0.05, 0) is 25.0 Å². The Morgan fingerprint density at radius 2 is 1.86 bits per heavy atom. The zero-order valence-electron chi connectivity index (χ0n) is 16.1. The molecule has 29 heavy (non-hydrogen) atoms. The third-order valence-corrected chi connectivity index (χ3v) is 4.64. The molecular weight excluding hydrogens is 404 g/mol. The summed E-state index contributed by atoms with van der Waals surface area (Å²) in [7, 11) is 0. The molecule has 0 fully saturated rings. The minimum absolute atomic E-state index is 0.0306. The van der Waals surface area contributed by atoms with Crippen LogP contribution in [0.1, 0.15) is 36.8 Å². The van der Waals surface area contributed by atoms with Crippen molar-refractivity contribution in [2.24, 2.45) is 5.92 Å².